The Labute approximate surface area is 194 Å². The Morgan fingerprint density at radius 1 is 1.03 bits per heavy atom. The molecule has 1 aliphatic rings. The molecule has 2 aromatic rings. The maximum atomic E-state index is 13.1. The van der Waals surface area contributed by atoms with Crippen LogP contribution in [0.25, 0.3) is 0 Å². The minimum Gasteiger partial charge on any atom is -0.491 e. The van der Waals surface area contributed by atoms with Crippen LogP contribution in [0, 0.1) is 5.82 Å². The molecule has 3 N–H and O–H groups in total. The summed E-state index contributed by atoms with van der Waals surface area (Å²) in [5, 5.41) is 15.8. The molecule has 1 fully saturated rings. The zero-order valence-corrected chi connectivity index (χ0v) is 18.8. The summed E-state index contributed by atoms with van der Waals surface area (Å²) in [4.78, 5) is 11.9. The molecule has 0 radical (unpaired) electrons. The van der Waals surface area contributed by atoms with Gasteiger partial charge < -0.3 is 30.0 Å². The van der Waals surface area contributed by atoms with Crippen molar-refractivity contribution < 1.29 is 28.5 Å². The van der Waals surface area contributed by atoms with Gasteiger partial charge in [0, 0.05) is 25.2 Å². The molecule has 0 aliphatic heterocycles. The highest BCUT2D eigenvalue weighted by atomic mass is 19.1. The van der Waals surface area contributed by atoms with Crippen LogP contribution in [-0.2, 0) is 4.74 Å². The van der Waals surface area contributed by atoms with Crippen LogP contribution < -0.4 is 20.1 Å². The van der Waals surface area contributed by atoms with E-state index in [0.717, 1.165) is 18.6 Å². The summed E-state index contributed by atoms with van der Waals surface area (Å²) < 4.78 is 30.2. The number of hydrogen-bond acceptors (Lipinski definition) is 6. The summed E-state index contributed by atoms with van der Waals surface area (Å²) in [6, 6.07) is 12.8. The number of aliphatic hydroxyl groups is 1. The molecule has 2 aromatic carbocycles. The number of rotatable bonds is 14. The zero-order valence-electron chi connectivity index (χ0n) is 18.8. The first-order chi connectivity index (χ1) is 16.1. The number of hydrogen-bond donors (Lipinski definition) is 3. The molecule has 3 rings (SSSR count). The fraction of sp³-hybridized carbons (Fsp3) is 0.480. The maximum absolute atomic E-state index is 13.1. The second-order valence-corrected chi connectivity index (χ2v) is 8.03. The number of aliphatic hydroxyl groups excluding tert-OH is 1. The molecule has 180 valence electrons. The monoisotopic (exact) mass is 460 g/mol. The molecule has 0 bridgehead atoms. The number of nitrogens with one attached hydrogen (secondary N) is 2. The third kappa shape index (κ3) is 9.37. The third-order valence-electron chi connectivity index (χ3n) is 5.33. The lowest BCUT2D eigenvalue weighted by atomic mass is 10.2. The van der Waals surface area contributed by atoms with Gasteiger partial charge in [-0.1, -0.05) is 18.9 Å². The summed E-state index contributed by atoms with van der Waals surface area (Å²) in [5.41, 5.74) is 0.275. The molecule has 0 heterocycles. The fourth-order valence-electron chi connectivity index (χ4n) is 3.58. The van der Waals surface area contributed by atoms with Crippen LogP contribution in [0.5, 0.6) is 11.5 Å². The van der Waals surface area contributed by atoms with Gasteiger partial charge in [0.25, 0.3) is 5.91 Å². The molecule has 0 spiro atoms. The van der Waals surface area contributed by atoms with E-state index in [-0.39, 0.29) is 18.1 Å². The first-order valence-electron chi connectivity index (χ1n) is 11.5. The number of ether oxygens (including phenoxy) is 3. The average molecular weight is 461 g/mol. The van der Waals surface area contributed by atoms with E-state index in [0.29, 0.717) is 44.7 Å². The number of carbonyl (C=O) groups is 1. The van der Waals surface area contributed by atoms with Gasteiger partial charge in [0.2, 0.25) is 0 Å². The van der Waals surface area contributed by atoms with E-state index in [1.165, 1.54) is 31.0 Å². The van der Waals surface area contributed by atoms with Gasteiger partial charge in [-0.15, -0.1) is 0 Å². The van der Waals surface area contributed by atoms with E-state index in [1.54, 1.807) is 18.2 Å². The lowest BCUT2D eigenvalue weighted by molar-refractivity contribution is 0.0382. The van der Waals surface area contributed by atoms with Crippen molar-refractivity contribution in [2.24, 2.45) is 0 Å². The average Bonchev–Trinajstić information content (AvgIpc) is 3.34. The fourth-order valence-corrected chi connectivity index (χ4v) is 3.58. The molecular formula is C25H33FN2O5. The van der Waals surface area contributed by atoms with E-state index in [4.69, 9.17) is 14.2 Å². The standard InChI is InChI=1S/C25H33FN2O5/c26-20-5-3-4-19(16-20)25(30)28-13-12-27-17-21(29)18-33-24-10-8-23(9-11-24)32-15-14-31-22-6-1-2-7-22/h3-5,8-11,16,21-22,27,29H,1-2,6-7,12-15,17-18H2,(H,28,30). The van der Waals surface area contributed by atoms with Crippen molar-refractivity contribution in [3.63, 3.8) is 0 Å². The largest absolute Gasteiger partial charge is 0.491 e. The van der Waals surface area contributed by atoms with Crippen molar-refractivity contribution in [1.82, 2.24) is 10.6 Å². The number of carbonyl (C=O) groups excluding carboxylic acids is 1. The Bertz CT molecular complexity index is 843. The van der Waals surface area contributed by atoms with Crippen molar-refractivity contribution in [1.29, 1.82) is 0 Å². The quantitative estimate of drug-likeness (QED) is 0.376. The van der Waals surface area contributed by atoms with Gasteiger partial charge in [-0.25, -0.2) is 4.39 Å². The van der Waals surface area contributed by atoms with Crippen LogP contribution in [0.3, 0.4) is 0 Å². The molecule has 0 aromatic heterocycles. The maximum Gasteiger partial charge on any atom is 0.251 e. The Balaban J connectivity index is 1.22. The minimum absolute atomic E-state index is 0.137. The van der Waals surface area contributed by atoms with Crippen LogP contribution in [-0.4, -0.2) is 62.7 Å². The van der Waals surface area contributed by atoms with Gasteiger partial charge in [0.1, 0.15) is 36.6 Å². The molecule has 33 heavy (non-hydrogen) atoms. The smallest absolute Gasteiger partial charge is 0.251 e. The molecular weight excluding hydrogens is 427 g/mol. The second kappa shape index (κ2) is 13.8. The Morgan fingerprint density at radius 2 is 1.76 bits per heavy atom. The van der Waals surface area contributed by atoms with Crippen molar-refractivity contribution in [3.8, 4) is 11.5 Å². The second-order valence-electron chi connectivity index (χ2n) is 8.03. The first-order valence-corrected chi connectivity index (χ1v) is 11.5. The molecule has 8 heteroatoms. The number of benzene rings is 2. The normalized spacial score (nSPS) is 14.7. The molecule has 1 amide bonds. The van der Waals surface area contributed by atoms with Gasteiger partial charge in [-0.3, -0.25) is 4.79 Å². The van der Waals surface area contributed by atoms with Gasteiger partial charge in [0.15, 0.2) is 0 Å². The lowest BCUT2D eigenvalue weighted by Crippen LogP contribution is -2.37. The molecule has 1 saturated carbocycles. The first kappa shape index (κ1) is 25.0. The highest BCUT2D eigenvalue weighted by Crippen LogP contribution is 2.21. The van der Waals surface area contributed by atoms with Gasteiger partial charge in [-0.05, 0) is 55.3 Å². The predicted octanol–water partition coefficient (Wildman–Crippen LogP) is 2.92. The number of amides is 1. The van der Waals surface area contributed by atoms with Crippen LogP contribution in [0.15, 0.2) is 48.5 Å². The summed E-state index contributed by atoms with van der Waals surface area (Å²) in [7, 11) is 0. The van der Waals surface area contributed by atoms with E-state index >= 15 is 0 Å². The molecule has 1 atom stereocenters. The Kier molecular flexibility index (Phi) is 10.4. The zero-order chi connectivity index (χ0) is 23.3. The topological polar surface area (TPSA) is 89.1 Å². The lowest BCUT2D eigenvalue weighted by Gasteiger charge is -2.14. The number of halogens is 1. The Hall–Kier alpha value is -2.68. The van der Waals surface area contributed by atoms with Crippen molar-refractivity contribution >= 4 is 5.91 Å². The highest BCUT2D eigenvalue weighted by molar-refractivity contribution is 5.94. The van der Waals surface area contributed by atoms with Crippen molar-refractivity contribution in [3.05, 3.63) is 59.9 Å². The van der Waals surface area contributed by atoms with Crippen molar-refractivity contribution in [2.45, 2.75) is 37.9 Å². The molecule has 1 aliphatic carbocycles. The molecule has 7 nitrogen and oxygen atoms in total. The van der Waals surface area contributed by atoms with E-state index in [1.807, 2.05) is 12.1 Å². The Morgan fingerprint density at radius 3 is 2.48 bits per heavy atom. The SMILES string of the molecule is O=C(NCCNCC(O)COc1ccc(OCCOC2CCCC2)cc1)c1cccc(F)c1. The van der Waals surface area contributed by atoms with Crippen LogP contribution in [0.4, 0.5) is 4.39 Å². The van der Waals surface area contributed by atoms with Crippen LogP contribution >= 0.6 is 0 Å². The summed E-state index contributed by atoms with van der Waals surface area (Å²) in [5.74, 6) is 0.606. The van der Waals surface area contributed by atoms with Crippen LogP contribution in [0.2, 0.25) is 0 Å². The summed E-state index contributed by atoms with van der Waals surface area (Å²) in [6.45, 7) is 2.39. The third-order valence-corrected chi connectivity index (χ3v) is 5.33. The highest BCUT2D eigenvalue weighted by Gasteiger charge is 2.14. The summed E-state index contributed by atoms with van der Waals surface area (Å²) in [6.07, 6.45) is 4.51. The summed E-state index contributed by atoms with van der Waals surface area (Å²) >= 11 is 0. The molecule has 0 saturated heterocycles. The predicted molar refractivity (Wildman–Crippen MR) is 123 cm³/mol. The van der Waals surface area contributed by atoms with Crippen molar-refractivity contribution in [2.75, 3.05) is 39.5 Å². The van der Waals surface area contributed by atoms with E-state index in [2.05, 4.69) is 10.6 Å². The van der Waals surface area contributed by atoms with Crippen LogP contribution in [0.1, 0.15) is 36.0 Å². The van der Waals surface area contributed by atoms with Gasteiger partial charge in [-0.2, -0.15) is 0 Å². The van der Waals surface area contributed by atoms with Gasteiger partial charge in [0.05, 0.1) is 12.7 Å². The van der Waals surface area contributed by atoms with E-state index in [9.17, 15) is 14.3 Å². The molecule has 1 unspecified atom stereocenters. The van der Waals surface area contributed by atoms with E-state index < -0.39 is 11.9 Å². The van der Waals surface area contributed by atoms with Gasteiger partial charge >= 0.3 is 0 Å². The minimum atomic E-state index is -0.701.